The van der Waals surface area contributed by atoms with Crippen LogP contribution in [0, 0.1) is 0 Å². The van der Waals surface area contributed by atoms with Crippen LogP contribution < -0.4 is 0 Å². The summed E-state index contributed by atoms with van der Waals surface area (Å²) in [5.41, 5.74) is 4.43. The zero-order valence-electron chi connectivity index (χ0n) is 15.9. The van der Waals surface area contributed by atoms with Crippen molar-refractivity contribution < 1.29 is 27.3 Å². The van der Waals surface area contributed by atoms with Gasteiger partial charge in [0.1, 0.15) is 0 Å². The molecule has 0 unspecified atom stereocenters. The molecule has 0 aromatic heterocycles. The molecule has 0 saturated heterocycles. The van der Waals surface area contributed by atoms with Crippen LogP contribution in [0.25, 0.3) is 11.1 Å². The number of rotatable bonds is 10. The van der Waals surface area contributed by atoms with Crippen molar-refractivity contribution in [3.8, 4) is 11.1 Å². The van der Waals surface area contributed by atoms with Crippen LogP contribution in [0.5, 0.6) is 0 Å². The minimum Gasteiger partial charge on any atom is -0.323 e. The summed E-state index contributed by atoms with van der Waals surface area (Å²) in [5, 5.41) is 0. The van der Waals surface area contributed by atoms with E-state index in [1.165, 1.54) is 18.4 Å². The minimum atomic E-state index is -4.92. The van der Waals surface area contributed by atoms with E-state index in [2.05, 4.69) is 31.2 Å². The maximum absolute atomic E-state index is 11.3. The van der Waals surface area contributed by atoms with E-state index in [4.69, 9.17) is 14.3 Å². The molecule has 0 aliphatic heterocycles. The van der Waals surface area contributed by atoms with Crippen LogP contribution in [0.4, 0.5) is 0 Å². The molecule has 3 N–H and O–H groups in total. The summed E-state index contributed by atoms with van der Waals surface area (Å²) < 4.78 is 42.6. The van der Waals surface area contributed by atoms with E-state index in [0.29, 0.717) is 6.42 Å². The highest BCUT2D eigenvalue weighted by Crippen LogP contribution is 2.46. The standard InChI is InChI=1S/C20H27O6PS/c1-2-3-5-16-8-12-18(13-9-16)19-14-10-17(11-15-19)6-4-7-20(27(21,22)23)28(24,25)26/h8-15,20H,2-7H2,1H3,(H2,21,22,23)(H,24,25,26)/t20-/m1/s1. The first kappa shape index (κ1) is 22.8. The summed E-state index contributed by atoms with van der Waals surface area (Å²) in [7, 11) is -9.71. The summed E-state index contributed by atoms with van der Waals surface area (Å²) in [4.78, 5) is 16.2. The molecule has 0 aliphatic carbocycles. The van der Waals surface area contributed by atoms with Gasteiger partial charge in [-0.1, -0.05) is 61.9 Å². The largest absolute Gasteiger partial charge is 0.346 e. The molecule has 2 aromatic rings. The quantitative estimate of drug-likeness (QED) is 0.383. The second kappa shape index (κ2) is 9.81. The van der Waals surface area contributed by atoms with Gasteiger partial charge in [-0.25, -0.2) is 0 Å². The molecule has 0 bridgehead atoms. The average molecular weight is 426 g/mol. The molecule has 0 aliphatic rings. The lowest BCUT2D eigenvalue weighted by Gasteiger charge is -2.15. The molecule has 0 spiro atoms. The average Bonchev–Trinajstić information content (AvgIpc) is 2.62. The van der Waals surface area contributed by atoms with Crippen molar-refractivity contribution in [2.24, 2.45) is 0 Å². The molecule has 0 radical (unpaired) electrons. The SMILES string of the molecule is CCCCc1ccc(-c2ccc(CCC[C@H](P(=O)(O)O)S(=O)(=O)O)cc2)cc1. The monoisotopic (exact) mass is 426 g/mol. The zero-order chi connectivity index (χ0) is 20.8. The van der Waals surface area contributed by atoms with Gasteiger partial charge in [-0.05, 0) is 54.4 Å². The van der Waals surface area contributed by atoms with Crippen molar-refractivity contribution in [1.82, 2.24) is 0 Å². The highest BCUT2D eigenvalue weighted by atomic mass is 32.2. The van der Waals surface area contributed by atoms with Crippen molar-refractivity contribution in [2.45, 2.75) is 50.4 Å². The van der Waals surface area contributed by atoms with Gasteiger partial charge >= 0.3 is 7.60 Å². The maximum Gasteiger partial charge on any atom is 0.346 e. The van der Waals surface area contributed by atoms with Crippen LogP contribution in [0.3, 0.4) is 0 Å². The number of aryl methyl sites for hydroxylation is 2. The third-order valence-corrected chi connectivity index (χ3v) is 8.25. The Balaban J connectivity index is 1.96. The second-order valence-electron chi connectivity index (χ2n) is 6.95. The Morgan fingerprint density at radius 2 is 1.29 bits per heavy atom. The van der Waals surface area contributed by atoms with Crippen molar-refractivity contribution >= 4 is 17.7 Å². The lowest BCUT2D eigenvalue weighted by Crippen LogP contribution is -2.20. The van der Waals surface area contributed by atoms with Crippen molar-refractivity contribution in [3.63, 3.8) is 0 Å². The van der Waals surface area contributed by atoms with E-state index in [1.54, 1.807) is 0 Å². The van der Waals surface area contributed by atoms with Crippen molar-refractivity contribution in [3.05, 3.63) is 59.7 Å². The summed E-state index contributed by atoms with van der Waals surface area (Å²) in [6, 6.07) is 16.2. The maximum atomic E-state index is 11.3. The molecule has 0 saturated carbocycles. The predicted molar refractivity (Wildman–Crippen MR) is 111 cm³/mol. The third-order valence-electron chi connectivity index (χ3n) is 4.70. The van der Waals surface area contributed by atoms with E-state index >= 15 is 0 Å². The zero-order valence-corrected chi connectivity index (χ0v) is 17.6. The fourth-order valence-electron chi connectivity index (χ4n) is 3.08. The molecule has 1 atom stereocenters. The van der Waals surface area contributed by atoms with Crippen LogP contribution >= 0.6 is 7.60 Å². The van der Waals surface area contributed by atoms with Gasteiger partial charge in [-0.2, -0.15) is 8.42 Å². The van der Waals surface area contributed by atoms with Gasteiger partial charge < -0.3 is 9.79 Å². The Morgan fingerprint density at radius 3 is 1.64 bits per heavy atom. The van der Waals surface area contributed by atoms with Gasteiger partial charge in [0, 0.05) is 0 Å². The first-order valence-corrected chi connectivity index (χ1v) is 12.5. The van der Waals surface area contributed by atoms with Crippen LogP contribution in [0.1, 0.15) is 43.7 Å². The Bertz CT molecular complexity index is 901. The fraction of sp³-hybridized carbons (Fsp3) is 0.400. The molecule has 0 amide bonds. The molecule has 154 valence electrons. The van der Waals surface area contributed by atoms with E-state index in [9.17, 15) is 13.0 Å². The molecular weight excluding hydrogens is 399 g/mol. The number of hydrogen-bond donors (Lipinski definition) is 3. The smallest absolute Gasteiger partial charge is 0.323 e. The van der Waals surface area contributed by atoms with Gasteiger partial charge in [0.05, 0.1) is 0 Å². The van der Waals surface area contributed by atoms with Crippen LogP contribution in [-0.2, 0) is 27.5 Å². The minimum absolute atomic E-state index is 0.237. The molecular formula is C20H27O6PS. The van der Waals surface area contributed by atoms with E-state index in [1.807, 2.05) is 24.3 Å². The lowest BCUT2D eigenvalue weighted by atomic mass is 9.99. The van der Waals surface area contributed by atoms with E-state index < -0.39 is 22.7 Å². The number of hydrogen-bond acceptors (Lipinski definition) is 3. The van der Waals surface area contributed by atoms with Gasteiger partial charge in [0.2, 0.25) is 0 Å². The Hall–Kier alpha value is -1.50. The van der Waals surface area contributed by atoms with Crippen LogP contribution in [0.15, 0.2) is 48.5 Å². The highest BCUT2D eigenvalue weighted by Gasteiger charge is 2.38. The molecule has 6 nitrogen and oxygen atoms in total. The predicted octanol–water partition coefficient (Wildman–Crippen LogP) is 4.41. The first-order valence-electron chi connectivity index (χ1n) is 9.31. The lowest BCUT2D eigenvalue weighted by molar-refractivity contribution is 0.360. The third kappa shape index (κ3) is 6.83. The number of unbranched alkanes of at least 4 members (excludes halogenated alkanes) is 1. The fourth-order valence-corrected chi connectivity index (χ4v) is 5.45. The van der Waals surface area contributed by atoms with Gasteiger partial charge in [-0.15, -0.1) is 0 Å². The summed E-state index contributed by atoms with van der Waals surface area (Å²) >= 11 is 0. The summed E-state index contributed by atoms with van der Waals surface area (Å²) in [6.07, 6.45) is 3.82. The van der Waals surface area contributed by atoms with Crippen molar-refractivity contribution in [1.29, 1.82) is 0 Å². The summed E-state index contributed by atoms with van der Waals surface area (Å²) in [6.45, 7) is 2.17. The second-order valence-corrected chi connectivity index (χ2v) is 10.7. The van der Waals surface area contributed by atoms with Gasteiger partial charge in [-0.3, -0.25) is 9.12 Å². The molecule has 2 aromatic carbocycles. The normalized spacial score (nSPS) is 13.4. The molecule has 8 heteroatoms. The van der Waals surface area contributed by atoms with E-state index in [-0.39, 0.29) is 12.8 Å². The first-order chi connectivity index (χ1) is 13.1. The van der Waals surface area contributed by atoms with Gasteiger partial charge in [0.25, 0.3) is 10.1 Å². The van der Waals surface area contributed by atoms with Crippen molar-refractivity contribution in [2.75, 3.05) is 0 Å². The summed E-state index contributed by atoms with van der Waals surface area (Å²) in [5.74, 6) is 0. The molecule has 28 heavy (non-hydrogen) atoms. The molecule has 0 fully saturated rings. The molecule has 0 heterocycles. The Morgan fingerprint density at radius 1 is 0.857 bits per heavy atom. The Labute approximate surface area is 166 Å². The topological polar surface area (TPSA) is 112 Å². The number of benzene rings is 2. The highest BCUT2D eigenvalue weighted by molar-refractivity contribution is 7.93. The van der Waals surface area contributed by atoms with Gasteiger partial charge in [0.15, 0.2) is 4.99 Å². The molecule has 2 rings (SSSR count). The van der Waals surface area contributed by atoms with Crippen LogP contribution in [-0.4, -0.2) is 27.7 Å². The van der Waals surface area contributed by atoms with E-state index in [0.717, 1.165) is 23.1 Å². The van der Waals surface area contributed by atoms with Crippen LogP contribution in [0.2, 0.25) is 0 Å². The Kier molecular flexibility index (Phi) is 7.98.